The minimum atomic E-state index is -9.07. The molecule has 43 heavy (non-hydrogen) atoms. The summed E-state index contributed by atoms with van der Waals surface area (Å²) in [5.41, 5.74) is 0. The van der Waals surface area contributed by atoms with Crippen LogP contribution in [0.15, 0.2) is 0 Å². The number of carbonyl (C=O) groups is 1. The van der Waals surface area contributed by atoms with E-state index >= 15 is 0 Å². The lowest BCUT2D eigenvalue weighted by Crippen LogP contribution is -2.76. The van der Waals surface area contributed by atoms with Crippen molar-refractivity contribution in [3.8, 4) is 0 Å². The number of alkyl halides is 20. The summed E-state index contributed by atoms with van der Waals surface area (Å²) in [5.74, 6) is -78.8. The molecule has 0 aromatic carbocycles. The van der Waals surface area contributed by atoms with Gasteiger partial charge in [0.1, 0.15) is 0 Å². The Hall–Kier alpha value is -1.93. The first-order valence-corrected chi connectivity index (χ1v) is 11.7. The van der Waals surface area contributed by atoms with E-state index in [4.69, 9.17) is 0 Å². The van der Waals surface area contributed by atoms with Crippen molar-refractivity contribution in [2.45, 2.75) is 105 Å². The number of esters is 1. The zero-order valence-corrected chi connectivity index (χ0v) is 21.1. The zero-order valence-electron chi connectivity index (χ0n) is 21.1. The first-order chi connectivity index (χ1) is 18.9. The molecule has 0 aliphatic heterocycles. The monoisotopic (exact) mass is 684 g/mol. The van der Waals surface area contributed by atoms with E-state index in [-0.39, 0.29) is 31.6 Å². The van der Waals surface area contributed by atoms with Crippen molar-refractivity contribution in [2.75, 3.05) is 6.61 Å². The van der Waals surface area contributed by atoms with Crippen LogP contribution in [-0.4, -0.2) is 72.3 Å². The molecule has 1 saturated carbocycles. The fraction of sp³-hybridized carbons (Fsp3) is 0.952. The molecule has 2 nitrogen and oxygen atoms in total. The van der Waals surface area contributed by atoms with Crippen LogP contribution >= 0.6 is 0 Å². The molecule has 1 rings (SSSR count). The smallest absolute Gasteiger partial charge is 0.385 e. The number of hydrogen-bond donors (Lipinski definition) is 0. The predicted octanol–water partition coefficient (Wildman–Crippen LogP) is 9.12. The summed E-state index contributed by atoms with van der Waals surface area (Å²) in [6.07, 6.45) is -4.49. The molecule has 1 fully saturated rings. The first kappa shape index (κ1) is 39.1. The lowest BCUT2D eigenvalue weighted by molar-refractivity contribution is -0.465. The number of carbonyl (C=O) groups excluding carboxylic acids is 1. The predicted molar refractivity (Wildman–Crippen MR) is 102 cm³/mol. The average molecular weight is 684 g/mol. The Labute approximate surface area is 228 Å². The normalized spacial score (nSPS) is 20.9. The van der Waals surface area contributed by atoms with Crippen molar-refractivity contribution in [2.24, 2.45) is 11.8 Å². The summed E-state index contributed by atoms with van der Waals surface area (Å²) in [6, 6.07) is 0. The Morgan fingerprint density at radius 2 is 0.953 bits per heavy atom. The molecule has 1 aliphatic rings. The Balaban J connectivity index is 3.38. The molecule has 0 N–H and O–H groups in total. The van der Waals surface area contributed by atoms with Crippen molar-refractivity contribution < 1.29 is 97.3 Å². The topological polar surface area (TPSA) is 26.3 Å². The molecule has 0 heterocycles. The van der Waals surface area contributed by atoms with E-state index in [0.29, 0.717) is 12.8 Å². The van der Waals surface area contributed by atoms with Gasteiger partial charge in [-0.25, -0.2) is 8.78 Å². The fourth-order valence-corrected chi connectivity index (χ4v) is 4.03. The minimum absolute atomic E-state index is 0.0365. The summed E-state index contributed by atoms with van der Waals surface area (Å²) >= 11 is 0. The third-order valence-electron chi connectivity index (χ3n) is 6.79. The van der Waals surface area contributed by atoms with Crippen LogP contribution < -0.4 is 0 Å². The van der Waals surface area contributed by atoms with Gasteiger partial charge in [-0.3, -0.25) is 4.79 Å². The third-order valence-corrected chi connectivity index (χ3v) is 6.79. The molecular weight excluding hydrogens is 664 g/mol. The van der Waals surface area contributed by atoms with Crippen LogP contribution in [0.2, 0.25) is 0 Å². The molecule has 0 spiro atoms. The molecular formula is C21H20F20O2. The molecule has 0 aromatic heterocycles. The van der Waals surface area contributed by atoms with E-state index in [1.54, 1.807) is 6.92 Å². The SMILES string of the molecule is CCCC1CCC(C(=O)OCC(F)(F)C(F)(F)C(F)(F)C(F)(F)C(F)(F)C(F)(F)C(F)(F)C(F)(F)C(F)(F)C(F)F)CC1. The summed E-state index contributed by atoms with van der Waals surface area (Å²) in [7, 11) is 0. The molecule has 0 radical (unpaired) electrons. The molecule has 0 unspecified atom stereocenters. The summed E-state index contributed by atoms with van der Waals surface area (Å²) in [6.45, 7) is -1.53. The lowest BCUT2D eigenvalue weighted by atomic mass is 9.80. The van der Waals surface area contributed by atoms with Crippen LogP contribution in [-0.2, 0) is 9.53 Å². The highest BCUT2D eigenvalue weighted by Gasteiger charge is 2.96. The highest BCUT2D eigenvalue weighted by molar-refractivity contribution is 5.72. The van der Waals surface area contributed by atoms with Crippen molar-refractivity contribution in [1.82, 2.24) is 0 Å². The molecule has 0 amide bonds. The van der Waals surface area contributed by atoms with E-state index in [9.17, 15) is 92.6 Å². The summed E-state index contributed by atoms with van der Waals surface area (Å²) in [4.78, 5) is 11.9. The van der Waals surface area contributed by atoms with Crippen LogP contribution in [0.5, 0.6) is 0 Å². The summed E-state index contributed by atoms with van der Waals surface area (Å²) in [5, 5.41) is 0. The second-order valence-electron chi connectivity index (χ2n) is 9.76. The van der Waals surface area contributed by atoms with Gasteiger partial charge >= 0.3 is 65.7 Å². The van der Waals surface area contributed by atoms with Gasteiger partial charge in [0.15, 0.2) is 6.61 Å². The first-order valence-electron chi connectivity index (χ1n) is 11.7. The minimum Gasteiger partial charge on any atom is -0.459 e. The Morgan fingerprint density at radius 3 is 1.30 bits per heavy atom. The van der Waals surface area contributed by atoms with Crippen LogP contribution in [0.4, 0.5) is 87.8 Å². The van der Waals surface area contributed by atoms with E-state index in [2.05, 4.69) is 4.74 Å². The molecule has 1 aliphatic carbocycles. The summed E-state index contributed by atoms with van der Waals surface area (Å²) < 4.78 is 273. The van der Waals surface area contributed by atoms with Crippen molar-refractivity contribution in [1.29, 1.82) is 0 Å². The third kappa shape index (κ3) is 5.92. The Kier molecular flexibility index (Phi) is 10.7. The standard InChI is InChI=1S/C21H20F20O2/c1-2-3-9-4-6-10(7-5-9)11(42)43-8-13(24,25)15(28,29)17(32,33)19(36,37)21(40,41)20(38,39)18(34,35)16(30,31)14(26,27)12(22)23/h9-10,12H,2-8H2,1H3. The van der Waals surface area contributed by atoms with Crippen LogP contribution in [0.3, 0.4) is 0 Å². The van der Waals surface area contributed by atoms with Gasteiger partial charge in [0.2, 0.25) is 0 Å². The Bertz CT molecular complexity index is 968. The number of ether oxygens (including phenoxy) is 1. The van der Waals surface area contributed by atoms with E-state index in [0.717, 1.165) is 0 Å². The number of halogens is 20. The van der Waals surface area contributed by atoms with Gasteiger partial charge in [-0.2, -0.15) is 79.0 Å². The lowest BCUT2D eigenvalue weighted by Gasteiger charge is -2.44. The molecule has 0 saturated heterocycles. The van der Waals surface area contributed by atoms with Crippen molar-refractivity contribution in [3.63, 3.8) is 0 Å². The maximum atomic E-state index is 13.9. The average Bonchev–Trinajstić information content (AvgIpc) is 2.86. The Morgan fingerprint density at radius 1 is 0.605 bits per heavy atom. The van der Waals surface area contributed by atoms with Gasteiger partial charge in [-0.1, -0.05) is 19.8 Å². The van der Waals surface area contributed by atoms with Gasteiger partial charge in [-0.15, -0.1) is 0 Å². The van der Waals surface area contributed by atoms with E-state index in [1.165, 1.54) is 0 Å². The van der Waals surface area contributed by atoms with Crippen LogP contribution in [0.1, 0.15) is 45.4 Å². The van der Waals surface area contributed by atoms with Crippen LogP contribution in [0, 0.1) is 11.8 Å². The highest BCUT2D eigenvalue weighted by Crippen LogP contribution is 2.65. The second kappa shape index (κ2) is 11.8. The maximum absolute atomic E-state index is 13.9. The molecule has 0 atom stereocenters. The zero-order chi connectivity index (χ0) is 34.5. The van der Waals surface area contributed by atoms with E-state index in [1.807, 2.05) is 0 Å². The van der Waals surface area contributed by atoms with Crippen LogP contribution in [0.25, 0.3) is 0 Å². The second-order valence-corrected chi connectivity index (χ2v) is 9.76. The largest absolute Gasteiger partial charge is 0.459 e. The molecule has 0 bridgehead atoms. The van der Waals surface area contributed by atoms with Crippen molar-refractivity contribution >= 4 is 5.97 Å². The molecule has 256 valence electrons. The van der Waals surface area contributed by atoms with Crippen molar-refractivity contribution in [3.05, 3.63) is 0 Å². The van der Waals surface area contributed by atoms with Gasteiger partial charge < -0.3 is 4.74 Å². The fourth-order valence-electron chi connectivity index (χ4n) is 4.03. The van der Waals surface area contributed by atoms with Gasteiger partial charge in [0.05, 0.1) is 5.92 Å². The maximum Gasteiger partial charge on any atom is 0.385 e. The van der Waals surface area contributed by atoms with E-state index < -0.39 is 78.2 Å². The quantitative estimate of drug-likeness (QED) is 0.135. The number of hydrogen-bond acceptors (Lipinski definition) is 2. The van der Waals surface area contributed by atoms with Gasteiger partial charge in [0.25, 0.3) is 0 Å². The van der Waals surface area contributed by atoms with Gasteiger partial charge in [0, 0.05) is 0 Å². The number of rotatable bonds is 14. The molecule has 22 heteroatoms. The molecule has 0 aromatic rings. The van der Waals surface area contributed by atoms with Gasteiger partial charge in [-0.05, 0) is 31.6 Å². The highest BCUT2D eigenvalue weighted by atomic mass is 19.4.